The van der Waals surface area contributed by atoms with Crippen LogP contribution in [0.25, 0.3) is 0 Å². The lowest BCUT2D eigenvalue weighted by Gasteiger charge is -2.08. The lowest BCUT2D eigenvalue weighted by molar-refractivity contribution is 0.459. The number of nitrogens with two attached hydrogens (primary N) is 1. The molecule has 0 aliphatic carbocycles. The van der Waals surface area contributed by atoms with E-state index < -0.39 is 0 Å². The third-order valence-corrected chi connectivity index (χ3v) is 4.97. The molecule has 0 amide bonds. The van der Waals surface area contributed by atoms with Crippen molar-refractivity contribution < 1.29 is 5.11 Å². The van der Waals surface area contributed by atoms with Gasteiger partial charge in [0.15, 0.2) is 0 Å². The second-order valence-electron chi connectivity index (χ2n) is 7.12. The molecule has 3 N–H and O–H groups in total. The molecule has 1 aromatic rings. The second kappa shape index (κ2) is 14.3. The van der Waals surface area contributed by atoms with Gasteiger partial charge in [-0.05, 0) is 18.4 Å². The maximum atomic E-state index is 10.1. The van der Waals surface area contributed by atoms with E-state index in [0.29, 0.717) is 12.3 Å². The van der Waals surface area contributed by atoms with Crippen LogP contribution in [0.1, 0.15) is 102 Å². The SMILES string of the molecule is CCCCCCCCCCCCCCCc1cccc(CN)c1O. The quantitative estimate of drug-likeness (QED) is 0.361. The van der Waals surface area contributed by atoms with Gasteiger partial charge in [0.05, 0.1) is 0 Å². The van der Waals surface area contributed by atoms with Crippen LogP contribution in [0.4, 0.5) is 0 Å². The number of hydrogen-bond donors (Lipinski definition) is 2. The number of unbranched alkanes of at least 4 members (excludes halogenated alkanes) is 12. The van der Waals surface area contributed by atoms with Crippen LogP contribution in [-0.4, -0.2) is 5.11 Å². The average molecular weight is 334 g/mol. The highest BCUT2D eigenvalue weighted by molar-refractivity contribution is 5.40. The minimum absolute atomic E-state index is 0.415. The van der Waals surface area contributed by atoms with Gasteiger partial charge >= 0.3 is 0 Å². The van der Waals surface area contributed by atoms with Crippen molar-refractivity contribution in [3.63, 3.8) is 0 Å². The highest BCUT2D eigenvalue weighted by Crippen LogP contribution is 2.24. The monoisotopic (exact) mass is 333 g/mol. The van der Waals surface area contributed by atoms with Gasteiger partial charge in [-0.25, -0.2) is 0 Å². The molecule has 0 heterocycles. The molecule has 0 radical (unpaired) electrons. The lowest BCUT2D eigenvalue weighted by atomic mass is 10.0. The Labute approximate surface area is 149 Å². The van der Waals surface area contributed by atoms with E-state index in [1.54, 1.807) is 0 Å². The molecule has 0 saturated heterocycles. The Morgan fingerprint density at radius 3 is 1.67 bits per heavy atom. The van der Waals surface area contributed by atoms with Gasteiger partial charge < -0.3 is 10.8 Å². The van der Waals surface area contributed by atoms with E-state index in [-0.39, 0.29) is 0 Å². The summed E-state index contributed by atoms with van der Waals surface area (Å²) in [4.78, 5) is 0. The van der Waals surface area contributed by atoms with Gasteiger partial charge in [-0.1, -0.05) is 102 Å². The number of phenols is 1. The van der Waals surface area contributed by atoms with E-state index in [0.717, 1.165) is 17.5 Å². The third kappa shape index (κ3) is 9.32. The van der Waals surface area contributed by atoms with Crippen molar-refractivity contribution in [2.45, 2.75) is 103 Å². The van der Waals surface area contributed by atoms with E-state index in [1.807, 2.05) is 18.2 Å². The van der Waals surface area contributed by atoms with Crippen LogP contribution < -0.4 is 5.73 Å². The van der Waals surface area contributed by atoms with Gasteiger partial charge in [-0.15, -0.1) is 0 Å². The number of para-hydroxylation sites is 1. The van der Waals surface area contributed by atoms with Crippen molar-refractivity contribution in [3.8, 4) is 5.75 Å². The fourth-order valence-electron chi connectivity index (χ4n) is 3.34. The smallest absolute Gasteiger partial charge is 0.123 e. The molecule has 0 unspecified atom stereocenters. The highest BCUT2D eigenvalue weighted by atomic mass is 16.3. The Hall–Kier alpha value is -1.02. The first-order chi connectivity index (χ1) is 11.8. The normalized spacial score (nSPS) is 11.1. The van der Waals surface area contributed by atoms with Gasteiger partial charge in [0, 0.05) is 12.1 Å². The molecular formula is C22H39NO. The molecule has 0 aliphatic rings. The summed E-state index contributed by atoms with van der Waals surface area (Å²) < 4.78 is 0. The summed E-state index contributed by atoms with van der Waals surface area (Å²) in [6, 6.07) is 5.93. The zero-order chi connectivity index (χ0) is 17.5. The Morgan fingerprint density at radius 1 is 0.708 bits per heavy atom. The molecule has 0 fully saturated rings. The third-order valence-electron chi connectivity index (χ3n) is 4.97. The van der Waals surface area contributed by atoms with Gasteiger partial charge in [-0.3, -0.25) is 0 Å². The molecule has 1 rings (SSSR count). The molecule has 138 valence electrons. The standard InChI is InChI=1S/C22H39NO/c1-2-3-4-5-6-7-8-9-10-11-12-13-14-16-20-17-15-18-21(19-23)22(20)24/h15,17-18,24H,2-14,16,19,23H2,1H3. The van der Waals surface area contributed by atoms with Crippen LogP contribution in [0.15, 0.2) is 18.2 Å². The molecule has 24 heavy (non-hydrogen) atoms. The molecule has 0 aromatic heterocycles. The zero-order valence-corrected chi connectivity index (χ0v) is 15.9. The van der Waals surface area contributed by atoms with Crippen molar-refractivity contribution in [1.29, 1.82) is 0 Å². The topological polar surface area (TPSA) is 46.2 Å². The van der Waals surface area contributed by atoms with Crippen molar-refractivity contribution in [2.24, 2.45) is 5.73 Å². The molecule has 1 aromatic carbocycles. The maximum Gasteiger partial charge on any atom is 0.123 e. The maximum absolute atomic E-state index is 10.1. The Bertz CT molecular complexity index is 416. The molecule has 2 heteroatoms. The fraction of sp³-hybridized carbons (Fsp3) is 0.727. The molecule has 2 nitrogen and oxygen atoms in total. The molecule has 0 saturated carbocycles. The van der Waals surface area contributed by atoms with E-state index in [1.165, 1.54) is 83.5 Å². The zero-order valence-electron chi connectivity index (χ0n) is 15.9. The van der Waals surface area contributed by atoms with Gasteiger partial charge in [0.1, 0.15) is 5.75 Å². The fourth-order valence-corrected chi connectivity index (χ4v) is 3.34. The van der Waals surface area contributed by atoms with Gasteiger partial charge in [-0.2, -0.15) is 0 Å². The largest absolute Gasteiger partial charge is 0.507 e. The van der Waals surface area contributed by atoms with Crippen molar-refractivity contribution in [2.75, 3.05) is 0 Å². The summed E-state index contributed by atoms with van der Waals surface area (Å²) in [5.74, 6) is 0.416. The van der Waals surface area contributed by atoms with E-state index in [2.05, 4.69) is 6.92 Å². The Balaban J connectivity index is 1.92. The first-order valence-electron chi connectivity index (χ1n) is 10.3. The van der Waals surface area contributed by atoms with Crippen molar-refractivity contribution in [1.82, 2.24) is 0 Å². The Morgan fingerprint density at radius 2 is 1.17 bits per heavy atom. The Kier molecular flexibility index (Phi) is 12.6. The molecule has 0 aliphatic heterocycles. The van der Waals surface area contributed by atoms with E-state index >= 15 is 0 Å². The molecule has 0 spiro atoms. The number of aryl methyl sites for hydroxylation is 1. The van der Waals surface area contributed by atoms with Gasteiger partial charge in [0.25, 0.3) is 0 Å². The van der Waals surface area contributed by atoms with Crippen LogP contribution in [0.5, 0.6) is 5.75 Å². The summed E-state index contributed by atoms with van der Waals surface area (Å²) >= 11 is 0. The van der Waals surface area contributed by atoms with Crippen molar-refractivity contribution >= 4 is 0 Å². The summed E-state index contributed by atoms with van der Waals surface area (Å²) in [5.41, 5.74) is 7.55. The van der Waals surface area contributed by atoms with E-state index in [9.17, 15) is 5.11 Å². The molecular weight excluding hydrogens is 294 g/mol. The van der Waals surface area contributed by atoms with Crippen LogP contribution in [0.2, 0.25) is 0 Å². The number of phenolic OH excluding ortho intramolecular Hbond substituents is 1. The number of aromatic hydroxyl groups is 1. The second-order valence-corrected chi connectivity index (χ2v) is 7.12. The predicted octanol–water partition coefficient (Wildman–Crippen LogP) is 6.48. The summed E-state index contributed by atoms with van der Waals surface area (Å²) in [5, 5.41) is 10.1. The highest BCUT2D eigenvalue weighted by Gasteiger charge is 2.05. The van der Waals surface area contributed by atoms with Crippen LogP contribution in [-0.2, 0) is 13.0 Å². The molecule has 0 bridgehead atoms. The summed E-state index contributed by atoms with van der Waals surface area (Å²) in [6.07, 6.45) is 18.8. The van der Waals surface area contributed by atoms with E-state index in [4.69, 9.17) is 5.73 Å². The van der Waals surface area contributed by atoms with Crippen molar-refractivity contribution in [3.05, 3.63) is 29.3 Å². The summed E-state index contributed by atoms with van der Waals surface area (Å²) in [7, 11) is 0. The minimum atomic E-state index is 0.415. The van der Waals surface area contributed by atoms with Crippen LogP contribution in [0.3, 0.4) is 0 Å². The average Bonchev–Trinajstić information content (AvgIpc) is 2.60. The number of hydrogen-bond acceptors (Lipinski definition) is 2. The van der Waals surface area contributed by atoms with Crippen LogP contribution in [0, 0.1) is 0 Å². The summed E-state index contributed by atoms with van der Waals surface area (Å²) in [6.45, 7) is 2.69. The first kappa shape index (κ1) is 21.0. The minimum Gasteiger partial charge on any atom is -0.507 e. The number of rotatable bonds is 15. The van der Waals surface area contributed by atoms with Crippen LogP contribution >= 0.6 is 0 Å². The predicted molar refractivity (Wildman–Crippen MR) is 105 cm³/mol. The van der Waals surface area contributed by atoms with Gasteiger partial charge in [0.2, 0.25) is 0 Å². The molecule has 0 atom stereocenters. The first-order valence-corrected chi connectivity index (χ1v) is 10.3. The lowest BCUT2D eigenvalue weighted by Crippen LogP contribution is -1.98. The number of benzene rings is 1.